The lowest BCUT2D eigenvalue weighted by Crippen LogP contribution is -2.43. The summed E-state index contributed by atoms with van der Waals surface area (Å²) >= 11 is 0. The van der Waals surface area contributed by atoms with E-state index in [0.29, 0.717) is 19.4 Å². The molecule has 1 saturated heterocycles. The smallest absolute Gasteiger partial charge is 0.125 e. The number of nitrogens with two attached hydrogens (primary N) is 1. The second-order valence-electron chi connectivity index (χ2n) is 4.89. The number of rotatable bonds is 3. The van der Waals surface area contributed by atoms with Gasteiger partial charge in [-0.05, 0) is 38.5 Å². The third kappa shape index (κ3) is 3.13. The molecule has 0 radical (unpaired) electrons. The summed E-state index contributed by atoms with van der Waals surface area (Å²) in [7, 11) is 0. The van der Waals surface area contributed by atoms with Crippen molar-refractivity contribution in [3.63, 3.8) is 0 Å². The normalized spacial score (nSPS) is 42.0. The first-order valence-electron chi connectivity index (χ1n) is 5.97. The van der Waals surface area contributed by atoms with Crippen molar-refractivity contribution in [3.8, 4) is 0 Å². The molecule has 0 bridgehead atoms. The van der Waals surface area contributed by atoms with Crippen LogP contribution < -0.4 is 11.1 Å². The van der Waals surface area contributed by atoms with Crippen LogP contribution in [0.1, 0.15) is 38.5 Å². The first-order chi connectivity index (χ1) is 7.18. The molecule has 2 rings (SSSR count). The van der Waals surface area contributed by atoms with Crippen LogP contribution in [-0.4, -0.2) is 31.1 Å². The van der Waals surface area contributed by atoms with Gasteiger partial charge in [-0.3, -0.25) is 5.32 Å². The van der Waals surface area contributed by atoms with Crippen LogP contribution in [-0.2, 0) is 4.74 Å². The maximum atomic E-state index is 14.1. The molecule has 2 aliphatic rings. The molecule has 2 fully saturated rings. The molecular weight excluding hydrogens is 195 g/mol. The minimum absolute atomic E-state index is 0.0454. The number of alkyl halides is 1. The van der Waals surface area contributed by atoms with Gasteiger partial charge in [-0.15, -0.1) is 0 Å². The molecule has 1 saturated carbocycles. The maximum Gasteiger partial charge on any atom is 0.125 e. The molecule has 1 aliphatic heterocycles. The Bertz CT molecular complexity index is 209. The second-order valence-corrected chi connectivity index (χ2v) is 4.89. The molecular formula is C11H21FN2O. The Morgan fingerprint density at radius 2 is 2.27 bits per heavy atom. The van der Waals surface area contributed by atoms with Gasteiger partial charge in [0.05, 0.1) is 0 Å². The lowest BCUT2D eigenvalue weighted by Gasteiger charge is -2.27. The van der Waals surface area contributed by atoms with Crippen LogP contribution in [0.4, 0.5) is 4.39 Å². The van der Waals surface area contributed by atoms with Gasteiger partial charge in [-0.2, -0.15) is 0 Å². The Kier molecular flexibility index (Phi) is 3.59. The fourth-order valence-corrected chi connectivity index (χ4v) is 2.48. The topological polar surface area (TPSA) is 47.3 Å². The van der Waals surface area contributed by atoms with Crippen molar-refractivity contribution >= 4 is 0 Å². The average molecular weight is 216 g/mol. The summed E-state index contributed by atoms with van der Waals surface area (Å²) in [6.45, 7) is 1.20. The molecule has 0 aromatic carbocycles. The summed E-state index contributed by atoms with van der Waals surface area (Å²) < 4.78 is 19.6. The lowest BCUT2D eigenvalue weighted by molar-refractivity contribution is -0.0149. The third-order valence-electron chi connectivity index (χ3n) is 3.42. The molecule has 15 heavy (non-hydrogen) atoms. The highest BCUT2D eigenvalue weighted by Gasteiger charge is 2.38. The minimum atomic E-state index is -1.10. The first-order valence-corrected chi connectivity index (χ1v) is 5.97. The molecule has 3 nitrogen and oxygen atoms in total. The molecule has 3 N–H and O–H groups in total. The van der Waals surface area contributed by atoms with Crippen molar-refractivity contribution in [1.29, 1.82) is 0 Å². The number of hydrogen-bond donors (Lipinski definition) is 2. The van der Waals surface area contributed by atoms with Crippen molar-refractivity contribution in [2.24, 2.45) is 5.73 Å². The Morgan fingerprint density at radius 1 is 1.40 bits per heavy atom. The second kappa shape index (κ2) is 4.76. The summed E-state index contributed by atoms with van der Waals surface area (Å²) in [6.07, 6.45) is 5.26. The van der Waals surface area contributed by atoms with E-state index in [9.17, 15) is 4.39 Å². The SMILES string of the molecule is NC1CCC(F)(CNC2CCCCO2)C1. The molecule has 0 spiro atoms. The summed E-state index contributed by atoms with van der Waals surface area (Å²) in [5, 5.41) is 3.17. The van der Waals surface area contributed by atoms with E-state index in [1.807, 2.05) is 0 Å². The van der Waals surface area contributed by atoms with E-state index in [2.05, 4.69) is 5.32 Å². The summed E-state index contributed by atoms with van der Waals surface area (Å²) in [6, 6.07) is 0.0454. The number of ether oxygens (including phenoxy) is 1. The van der Waals surface area contributed by atoms with Crippen molar-refractivity contribution in [3.05, 3.63) is 0 Å². The van der Waals surface area contributed by atoms with Gasteiger partial charge in [-0.1, -0.05) is 0 Å². The standard InChI is InChI=1S/C11H21FN2O/c12-11(5-4-9(13)7-11)8-14-10-3-1-2-6-15-10/h9-10,14H,1-8,13H2. The molecule has 4 heteroatoms. The quantitative estimate of drug-likeness (QED) is 0.748. The van der Waals surface area contributed by atoms with E-state index in [-0.39, 0.29) is 12.3 Å². The van der Waals surface area contributed by atoms with Gasteiger partial charge in [0.15, 0.2) is 0 Å². The summed E-state index contributed by atoms with van der Waals surface area (Å²) in [5.74, 6) is 0. The fraction of sp³-hybridized carbons (Fsp3) is 1.00. The maximum absolute atomic E-state index is 14.1. The molecule has 0 aromatic rings. The first kappa shape index (κ1) is 11.3. The van der Waals surface area contributed by atoms with Gasteiger partial charge in [0, 0.05) is 19.2 Å². The Balaban J connectivity index is 1.72. The highest BCUT2D eigenvalue weighted by atomic mass is 19.1. The van der Waals surface area contributed by atoms with Crippen LogP contribution in [0.2, 0.25) is 0 Å². The van der Waals surface area contributed by atoms with Gasteiger partial charge in [0.25, 0.3) is 0 Å². The van der Waals surface area contributed by atoms with Crippen molar-refractivity contribution < 1.29 is 9.13 Å². The zero-order chi connectivity index (χ0) is 10.7. The Morgan fingerprint density at radius 3 is 2.87 bits per heavy atom. The van der Waals surface area contributed by atoms with Gasteiger partial charge >= 0.3 is 0 Å². The predicted octanol–water partition coefficient (Wildman–Crippen LogP) is 1.32. The van der Waals surface area contributed by atoms with E-state index in [0.717, 1.165) is 25.9 Å². The van der Waals surface area contributed by atoms with Gasteiger partial charge in [-0.25, -0.2) is 4.39 Å². The van der Waals surface area contributed by atoms with Crippen LogP contribution in [0.5, 0.6) is 0 Å². The highest BCUT2D eigenvalue weighted by molar-refractivity contribution is 4.93. The zero-order valence-electron chi connectivity index (χ0n) is 9.18. The Hall–Kier alpha value is -0.190. The molecule has 0 aromatic heterocycles. The van der Waals surface area contributed by atoms with E-state index in [4.69, 9.17) is 10.5 Å². The summed E-state index contributed by atoms with van der Waals surface area (Å²) in [5.41, 5.74) is 4.62. The van der Waals surface area contributed by atoms with Gasteiger partial charge in [0.1, 0.15) is 11.9 Å². The molecule has 3 unspecified atom stereocenters. The predicted molar refractivity (Wildman–Crippen MR) is 57.3 cm³/mol. The van der Waals surface area contributed by atoms with Crippen LogP contribution in [0.15, 0.2) is 0 Å². The number of hydrogen-bond acceptors (Lipinski definition) is 3. The van der Waals surface area contributed by atoms with Crippen LogP contribution in [0.25, 0.3) is 0 Å². The molecule has 88 valence electrons. The van der Waals surface area contributed by atoms with E-state index in [1.54, 1.807) is 0 Å². The van der Waals surface area contributed by atoms with E-state index < -0.39 is 5.67 Å². The molecule has 0 amide bonds. The summed E-state index contributed by atoms with van der Waals surface area (Å²) in [4.78, 5) is 0. The number of nitrogens with one attached hydrogen (secondary N) is 1. The van der Waals surface area contributed by atoms with Gasteiger partial charge < -0.3 is 10.5 Å². The molecule has 1 heterocycles. The van der Waals surface area contributed by atoms with Crippen molar-refractivity contribution in [2.45, 2.75) is 56.5 Å². The average Bonchev–Trinajstić information content (AvgIpc) is 2.58. The molecule has 1 aliphatic carbocycles. The Labute approximate surface area is 90.5 Å². The zero-order valence-corrected chi connectivity index (χ0v) is 9.18. The lowest BCUT2D eigenvalue weighted by atomic mass is 10.0. The fourth-order valence-electron chi connectivity index (χ4n) is 2.48. The number of halogens is 1. The van der Waals surface area contributed by atoms with Gasteiger partial charge in [0.2, 0.25) is 0 Å². The van der Waals surface area contributed by atoms with E-state index in [1.165, 1.54) is 6.42 Å². The highest BCUT2D eigenvalue weighted by Crippen LogP contribution is 2.32. The van der Waals surface area contributed by atoms with Crippen LogP contribution in [0.3, 0.4) is 0 Å². The third-order valence-corrected chi connectivity index (χ3v) is 3.42. The van der Waals surface area contributed by atoms with E-state index >= 15 is 0 Å². The minimum Gasteiger partial charge on any atom is -0.363 e. The van der Waals surface area contributed by atoms with Crippen LogP contribution in [0, 0.1) is 0 Å². The molecule has 3 atom stereocenters. The largest absolute Gasteiger partial charge is 0.363 e. The van der Waals surface area contributed by atoms with Crippen molar-refractivity contribution in [1.82, 2.24) is 5.32 Å². The van der Waals surface area contributed by atoms with Crippen LogP contribution >= 0.6 is 0 Å². The monoisotopic (exact) mass is 216 g/mol. The van der Waals surface area contributed by atoms with Crippen molar-refractivity contribution in [2.75, 3.05) is 13.2 Å².